The molecular formula is C17H27N3OS. The number of carbonyl (C=O) groups is 1. The third-order valence-electron chi connectivity index (χ3n) is 4.94. The van der Waals surface area contributed by atoms with Gasteiger partial charge in [-0.2, -0.15) is 0 Å². The van der Waals surface area contributed by atoms with E-state index < -0.39 is 0 Å². The molecule has 1 aromatic heterocycles. The van der Waals surface area contributed by atoms with E-state index in [4.69, 9.17) is 0 Å². The minimum Gasteiger partial charge on any atom is -0.341 e. The zero-order chi connectivity index (χ0) is 15.4. The third-order valence-corrected chi connectivity index (χ3v) is 5.80. The molecule has 0 aromatic carbocycles. The fourth-order valence-corrected chi connectivity index (χ4v) is 4.21. The van der Waals surface area contributed by atoms with E-state index in [9.17, 15) is 4.79 Å². The van der Waals surface area contributed by atoms with Gasteiger partial charge in [0.2, 0.25) is 5.91 Å². The normalized spacial score (nSPS) is 22.7. The molecule has 1 unspecified atom stereocenters. The van der Waals surface area contributed by atoms with Gasteiger partial charge in [-0.05, 0) is 37.6 Å². The van der Waals surface area contributed by atoms with Crippen molar-refractivity contribution < 1.29 is 4.79 Å². The summed E-state index contributed by atoms with van der Waals surface area (Å²) in [6.45, 7) is 9.21. The van der Waals surface area contributed by atoms with Crippen molar-refractivity contribution in [2.45, 2.75) is 38.8 Å². The molecule has 0 radical (unpaired) electrons. The smallest absolute Gasteiger partial charge is 0.239 e. The molecule has 2 aliphatic heterocycles. The van der Waals surface area contributed by atoms with E-state index in [0.717, 1.165) is 45.8 Å². The molecule has 3 rings (SSSR count). The second-order valence-electron chi connectivity index (χ2n) is 6.45. The van der Waals surface area contributed by atoms with Crippen LogP contribution in [0.1, 0.15) is 31.1 Å². The number of piperidine rings is 1. The van der Waals surface area contributed by atoms with Gasteiger partial charge in [0.05, 0.1) is 6.04 Å². The van der Waals surface area contributed by atoms with E-state index in [1.807, 2.05) is 11.3 Å². The molecule has 0 aliphatic carbocycles. The van der Waals surface area contributed by atoms with Crippen LogP contribution in [0.5, 0.6) is 0 Å². The predicted octanol–water partition coefficient (Wildman–Crippen LogP) is 2.27. The molecule has 0 saturated carbocycles. The molecule has 1 amide bonds. The molecule has 122 valence electrons. The van der Waals surface area contributed by atoms with Crippen molar-refractivity contribution in [3.05, 3.63) is 22.4 Å². The summed E-state index contributed by atoms with van der Waals surface area (Å²) in [5.74, 6) is 0.339. The number of piperazine rings is 1. The molecule has 4 nitrogen and oxygen atoms in total. The minimum atomic E-state index is 0.0435. The van der Waals surface area contributed by atoms with E-state index in [2.05, 4.69) is 39.1 Å². The van der Waals surface area contributed by atoms with Gasteiger partial charge in [0.15, 0.2) is 0 Å². The minimum absolute atomic E-state index is 0.0435. The maximum Gasteiger partial charge on any atom is 0.239 e. The first-order valence-electron chi connectivity index (χ1n) is 8.51. The van der Waals surface area contributed by atoms with Crippen LogP contribution in [-0.4, -0.2) is 65.9 Å². The predicted molar refractivity (Wildman–Crippen MR) is 91.1 cm³/mol. The topological polar surface area (TPSA) is 26.8 Å². The van der Waals surface area contributed by atoms with E-state index >= 15 is 0 Å². The Morgan fingerprint density at radius 1 is 1.14 bits per heavy atom. The molecule has 3 heterocycles. The molecule has 2 saturated heterocycles. The van der Waals surface area contributed by atoms with E-state index in [1.54, 1.807) is 0 Å². The lowest BCUT2D eigenvalue weighted by molar-refractivity contribution is -0.138. The fourth-order valence-electron chi connectivity index (χ4n) is 3.47. The van der Waals surface area contributed by atoms with Crippen LogP contribution in [0.15, 0.2) is 17.5 Å². The largest absolute Gasteiger partial charge is 0.341 e. The highest BCUT2D eigenvalue weighted by molar-refractivity contribution is 7.09. The van der Waals surface area contributed by atoms with Crippen LogP contribution in [0, 0.1) is 0 Å². The second-order valence-corrected chi connectivity index (χ2v) is 7.49. The number of thiophene rings is 1. The fraction of sp³-hybridized carbons (Fsp3) is 0.706. The Morgan fingerprint density at radius 2 is 1.86 bits per heavy atom. The Labute approximate surface area is 137 Å². The highest BCUT2D eigenvalue weighted by Gasteiger charge is 2.29. The van der Waals surface area contributed by atoms with Crippen molar-refractivity contribution in [2.24, 2.45) is 0 Å². The van der Waals surface area contributed by atoms with Crippen molar-refractivity contribution in [3.8, 4) is 0 Å². The van der Waals surface area contributed by atoms with Crippen LogP contribution in [-0.2, 0) is 11.3 Å². The van der Waals surface area contributed by atoms with E-state index in [0.29, 0.717) is 5.91 Å². The zero-order valence-corrected chi connectivity index (χ0v) is 14.4. The van der Waals surface area contributed by atoms with Gasteiger partial charge >= 0.3 is 0 Å². The van der Waals surface area contributed by atoms with Gasteiger partial charge in [-0.15, -0.1) is 11.3 Å². The summed E-state index contributed by atoms with van der Waals surface area (Å²) < 4.78 is 0. The van der Waals surface area contributed by atoms with Crippen LogP contribution < -0.4 is 0 Å². The molecule has 1 aromatic rings. The first kappa shape index (κ1) is 16.0. The number of nitrogens with zero attached hydrogens (tertiary/aromatic N) is 3. The number of rotatable bonds is 4. The second kappa shape index (κ2) is 7.57. The molecule has 1 atom stereocenters. The van der Waals surface area contributed by atoms with Gasteiger partial charge in [-0.3, -0.25) is 14.6 Å². The Bertz CT molecular complexity index is 462. The van der Waals surface area contributed by atoms with E-state index in [-0.39, 0.29) is 6.04 Å². The Hall–Kier alpha value is -0.910. The Morgan fingerprint density at radius 3 is 2.50 bits per heavy atom. The van der Waals surface area contributed by atoms with Crippen molar-refractivity contribution in [1.82, 2.24) is 14.7 Å². The monoisotopic (exact) mass is 321 g/mol. The maximum atomic E-state index is 12.6. The average molecular weight is 321 g/mol. The van der Waals surface area contributed by atoms with Gasteiger partial charge in [0.1, 0.15) is 0 Å². The molecular weight excluding hydrogens is 294 g/mol. The summed E-state index contributed by atoms with van der Waals surface area (Å²) in [5.41, 5.74) is 0. The number of hydrogen-bond acceptors (Lipinski definition) is 4. The lowest BCUT2D eigenvalue weighted by Gasteiger charge is -2.39. The molecule has 2 aliphatic rings. The molecule has 0 bridgehead atoms. The molecule has 2 fully saturated rings. The number of likely N-dealkylation sites (tertiary alicyclic amines) is 1. The molecule has 5 heteroatoms. The third kappa shape index (κ3) is 3.89. The highest BCUT2D eigenvalue weighted by Crippen LogP contribution is 2.16. The number of amides is 1. The van der Waals surface area contributed by atoms with Gasteiger partial charge in [0, 0.05) is 50.7 Å². The molecule has 0 N–H and O–H groups in total. The lowest BCUT2D eigenvalue weighted by Crippen LogP contribution is -2.54. The molecule has 22 heavy (non-hydrogen) atoms. The standard InChI is InChI=1S/C17H27N3OS/c1-15(17(21)20-7-3-2-4-8-20)19-11-9-18(10-12-19)14-16-6-5-13-22-16/h5-6,13,15H,2-4,7-12,14H2,1H3. The Balaban J connectivity index is 1.46. The summed E-state index contributed by atoms with van der Waals surface area (Å²) in [5, 5.41) is 2.14. The van der Waals surface area contributed by atoms with Crippen LogP contribution in [0.4, 0.5) is 0 Å². The van der Waals surface area contributed by atoms with Gasteiger partial charge in [0.25, 0.3) is 0 Å². The van der Waals surface area contributed by atoms with Crippen molar-refractivity contribution in [3.63, 3.8) is 0 Å². The van der Waals surface area contributed by atoms with Gasteiger partial charge in [-0.25, -0.2) is 0 Å². The maximum absolute atomic E-state index is 12.6. The van der Waals surface area contributed by atoms with Crippen molar-refractivity contribution in [1.29, 1.82) is 0 Å². The summed E-state index contributed by atoms with van der Waals surface area (Å²) in [7, 11) is 0. The SMILES string of the molecule is CC(C(=O)N1CCCCC1)N1CCN(Cc2cccs2)CC1. The molecule has 0 spiro atoms. The van der Waals surface area contributed by atoms with Crippen LogP contribution in [0.2, 0.25) is 0 Å². The summed E-state index contributed by atoms with van der Waals surface area (Å²) in [6, 6.07) is 4.37. The van der Waals surface area contributed by atoms with Gasteiger partial charge in [-0.1, -0.05) is 6.07 Å². The van der Waals surface area contributed by atoms with E-state index in [1.165, 1.54) is 24.1 Å². The van der Waals surface area contributed by atoms with Gasteiger partial charge < -0.3 is 4.90 Å². The van der Waals surface area contributed by atoms with Crippen molar-refractivity contribution >= 4 is 17.2 Å². The first-order valence-corrected chi connectivity index (χ1v) is 9.39. The Kier molecular flexibility index (Phi) is 5.50. The number of carbonyl (C=O) groups excluding carboxylic acids is 1. The number of hydrogen-bond donors (Lipinski definition) is 0. The quantitative estimate of drug-likeness (QED) is 0.851. The average Bonchev–Trinajstić information content (AvgIpc) is 3.08. The first-order chi connectivity index (χ1) is 10.7. The summed E-state index contributed by atoms with van der Waals surface area (Å²) in [6.07, 6.45) is 3.62. The van der Waals surface area contributed by atoms with Crippen LogP contribution in [0.25, 0.3) is 0 Å². The lowest BCUT2D eigenvalue weighted by atomic mass is 10.1. The highest BCUT2D eigenvalue weighted by atomic mass is 32.1. The zero-order valence-electron chi connectivity index (χ0n) is 13.5. The summed E-state index contributed by atoms with van der Waals surface area (Å²) >= 11 is 1.83. The summed E-state index contributed by atoms with van der Waals surface area (Å²) in [4.78, 5) is 21.0. The van der Waals surface area contributed by atoms with Crippen LogP contribution in [0.3, 0.4) is 0 Å². The van der Waals surface area contributed by atoms with Crippen LogP contribution >= 0.6 is 11.3 Å². The van der Waals surface area contributed by atoms with Crippen molar-refractivity contribution in [2.75, 3.05) is 39.3 Å².